The van der Waals surface area contributed by atoms with Gasteiger partial charge in [0, 0.05) is 16.6 Å². The molecule has 0 saturated heterocycles. The second-order valence-electron chi connectivity index (χ2n) is 4.48. The second-order valence-corrected chi connectivity index (χ2v) is 5.33. The molecule has 1 aromatic carbocycles. The molecule has 0 heterocycles. The zero-order valence-corrected chi connectivity index (χ0v) is 11.1. The van der Waals surface area contributed by atoms with E-state index in [1.54, 1.807) is 0 Å². The van der Waals surface area contributed by atoms with Crippen molar-refractivity contribution < 1.29 is 5.11 Å². The van der Waals surface area contributed by atoms with Crippen LogP contribution in [0.4, 0.5) is 0 Å². The van der Waals surface area contributed by atoms with Gasteiger partial charge in [-0.2, -0.15) is 0 Å². The smallest absolute Gasteiger partial charge is 0.0607 e. The maximum Gasteiger partial charge on any atom is 0.0607 e. The van der Waals surface area contributed by atoms with E-state index in [0.29, 0.717) is 0 Å². The number of hydrogen-bond donors (Lipinski definition) is 2. The summed E-state index contributed by atoms with van der Waals surface area (Å²) in [6, 6.07) is 6.28. The van der Waals surface area contributed by atoms with E-state index < -0.39 is 0 Å². The molecule has 0 aliphatic carbocycles. The summed E-state index contributed by atoms with van der Waals surface area (Å²) in [4.78, 5) is 0. The van der Waals surface area contributed by atoms with Crippen molar-refractivity contribution in [2.45, 2.75) is 32.9 Å². The van der Waals surface area contributed by atoms with E-state index in [-0.39, 0.29) is 12.1 Å². The predicted molar refractivity (Wildman–Crippen MR) is 66.9 cm³/mol. The molecular formula is C12H18BrNO. The lowest BCUT2D eigenvalue weighted by atomic mass is 10.1. The molecule has 3 heteroatoms. The Morgan fingerprint density at radius 1 is 1.40 bits per heavy atom. The molecule has 84 valence electrons. The van der Waals surface area contributed by atoms with Crippen LogP contribution in [0.3, 0.4) is 0 Å². The number of aliphatic hydroxyl groups is 1. The molecule has 0 fully saturated rings. The first-order valence-electron chi connectivity index (χ1n) is 5.05. The Kier molecular flexibility index (Phi) is 4.32. The Hall–Kier alpha value is -0.380. The van der Waals surface area contributed by atoms with Crippen molar-refractivity contribution in [3.8, 4) is 0 Å². The lowest BCUT2D eigenvalue weighted by Crippen LogP contribution is -2.42. The summed E-state index contributed by atoms with van der Waals surface area (Å²) in [7, 11) is 0. The minimum atomic E-state index is -0.221. The van der Waals surface area contributed by atoms with Crippen LogP contribution >= 0.6 is 15.9 Å². The Labute approximate surface area is 99.8 Å². The normalized spacial score (nSPS) is 11.8. The van der Waals surface area contributed by atoms with E-state index in [1.165, 1.54) is 11.1 Å². The van der Waals surface area contributed by atoms with Gasteiger partial charge in [-0.15, -0.1) is 0 Å². The van der Waals surface area contributed by atoms with Crippen molar-refractivity contribution in [3.05, 3.63) is 33.8 Å². The molecule has 0 aliphatic heterocycles. The fourth-order valence-electron chi connectivity index (χ4n) is 1.21. The molecule has 1 rings (SSSR count). The van der Waals surface area contributed by atoms with Crippen molar-refractivity contribution in [1.82, 2.24) is 5.32 Å². The molecule has 1 aromatic rings. The van der Waals surface area contributed by atoms with Gasteiger partial charge < -0.3 is 10.4 Å². The van der Waals surface area contributed by atoms with Gasteiger partial charge in [-0.25, -0.2) is 0 Å². The monoisotopic (exact) mass is 271 g/mol. The summed E-state index contributed by atoms with van der Waals surface area (Å²) >= 11 is 3.47. The highest BCUT2D eigenvalue weighted by Gasteiger charge is 2.14. The quantitative estimate of drug-likeness (QED) is 0.883. The lowest BCUT2D eigenvalue weighted by Gasteiger charge is -2.23. The molecule has 0 radical (unpaired) electrons. The zero-order valence-electron chi connectivity index (χ0n) is 9.47. The standard InChI is InChI=1S/C12H18BrNO/c1-9-6-10(4-5-11(9)13)7-14-12(2,3)8-15/h4-6,14-15H,7-8H2,1-3H3. The molecule has 0 aliphatic rings. The first-order valence-corrected chi connectivity index (χ1v) is 5.85. The van der Waals surface area contributed by atoms with Crippen LogP contribution < -0.4 is 5.32 Å². The van der Waals surface area contributed by atoms with Gasteiger partial charge in [-0.1, -0.05) is 28.1 Å². The third-order valence-corrected chi connectivity index (χ3v) is 3.28. The summed E-state index contributed by atoms with van der Waals surface area (Å²) in [5.41, 5.74) is 2.24. The molecular weight excluding hydrogens is 254 g/mol. The van der Waals surface area contributed by atoms with Crippen LogP contribution in [0, 0.1) is 6.92 Å². The average Bonchev–Trinajstić information content (AvgIpc) is 2.20. The van der Waals surface area contributed by atoms with Crippen molar-refractivity contribution >= 4 is 15.9 Å². The van der Waals surface area contributed by atoms with E-state index in [1.807, 2.05) is 13.8 Å². The molecule has 0 amide bonds. The summed E-state index contributed by atoms with van der Waals surface area (Å²) in [6.45, 7) is 6.96. The van der Waals surface area contributed by atoms with Crippen LogP contribution in [-0.2, 0) is 6.54 Å². The molecule has 2 nitrogen and oxygen atoms in total. The van der Waals surface area contributed by atoms with Gasteiger partial charge in [0.15, 0.2) is 0 Å². The second kappa shape index (κ2) is 5.10. The summed E-state index contributed by atoms with van der Waals surface area (Å²) in [5.74, 6) is 0. The summed E-state index contributed by atoms with van der Waals surface area (Å²) in [5, 5.41) is 12.4. The molecule has 0 unspecified atom stereocenters. The maximum absolute atomic E-state index is 9.10. The van der Waals surface area contributed by atoms with Gasteiger partial charge in [0.2, 0.25) is 0 Å². The van der Waals surface area contributed by atoms with Crippen LogP contribution in [0.15, 0.2) is 22.7 Å². The molecule has 15 heavy (non-hydrogen) atoms. The Balaban J connectivity index is 2.62. The van der Waals surface area contributed by atoms with Crippen LogP contribution in [-0.4, -0.2) is 17.3 Å². The first-order chi connectivity index (χ1) is 6.94. The fourth-order valence-corrected chi connectivity index (χ4v) is 1.46. The van der Waals surface area contributed by atoms with Crippen molar-refractivity contribution in [2.75, 3.05) is 6.61 Å². The molecule has 0 atom stereocenters. The van der Waals surface area contributed by atoms with Gasteiger partial charge in [0.25, 0.3) is 0 Å². The average molecular weight is 272 g/mol. The van der Waals surface area contributed by atoms with Crippen LogP contribution in [0.1, 0.15) is 25.0 Å². The lowest BCUT2D eigenvalue weighted by molar-refractivity contribution is 0.187. The first kappa shape index (κ1) is 12.7. The van der Waals surface area contributed by atoms with Crippen LogP contribution in [0.25, 0.3) is 0 Å². The van der Waals surface area contributed by atoms with Gasteiger partial charge >= 0.3 is 0 Å². The van der Waals surface area contributed by atoms with Crippen LogP contribution in [0.2, 0.25) is 0 Å². The molecule has 2 N–H and O–H groups in total. The number of aliphatic hydroxyl groups excluding tert-OH is 1. The predicted octanol–water partition coefficient (Wildman–Crippen LogP) is 2.62. The number of halogens is 1. The zero-order chi connectivity index (χ0) is 11.5. The topological polar surface area (TPSA) is 32.3 Å². The Bertz CT molecular complexity index is 336. The third kappa shape index (κ3) is 3.93. The highest BCUT2D eigenvalue weighted by atomic mass is 79.9. The van der Waals surface area contributed by atoms with E-state index in [4.69, 9.17) is 5.11 Å². The Morgan fingerprint density at radius 3 is 2.60 bits per heavy atom. The molecule has 0 aromatic heterocycles. The molecule has 0 spiro atoms. The van der Waals surface area contributed by atoms with E-state index in [0.717, 1.165) is 11.0 Å². The number of hydrogen-bond acceptors (Lipinski definition) is 2. The number of rotatable bonds is 4. The fraction of sp³-hybridized carbons (Fsp3) is 0.500. The van der Waals surface area contributed by atoms with Gasteiger partial charge in [-0.3, -0.25) is 0 Å². The maximum atomic E-state index is 9.10. The number of nitrogens with one attached hydrogen (secondary N) is 1. The minimum Gasteiger partial charge on any atom is -0.394 e. The van der Waals surface area contributed by atoms with Gasteiger partial charge in [-0.05, 0) is 38.0 Å². The van der Waals surface area contributed by atoms with Crippen LogP contribution in [0.5, 0.6) is 0 Å². The van der Waals surface area contributed by atoms with Crippen molar-refractivity contribution in [2.24, 2.45) is 0 Å². The van der Waals surface area contributed by atoms with E-state index in [9.17, 15) is 0 Å². The Morgan fingerprint density at radius 2 is 2.07 bits per heavy atom. The SMILES string of the molecule is Cc1cc(CNC(C)(C)CO)ccc1Br. The largest absolute Gasteiger partial charge is 0.394 e. The number of benzene rings is 1. The van der Waals surface area contributed by atoms with Gasteiger partial charge in [0.05, 0.1) is 6.61 Å². The highest BCUT2D eigenvalue weighted by Crippen LogP contribution is 2.17. The minimum absolute atomic E-state index is 0.141. The summed E-state index contributed by atoms with van der Waals surface area (Å²) < 4.78 is 1.13. The third-order valence-electron chi connectivity index (χ3n) is 2.39. The highest BCUT2D eigenvalue weighted by molar-refractivity contribution is 9.10. The van der Waals surface area contributed by atoms with Crippen molar-refractivity contribution in [3.63, 3.8) is 0 Å². The summed E-state index contributed by atoms with van der Waals surface area (Å²) in [6.07, 6.45) is 0. The van der Waals surface area contributed by atoms with Crippen molar-refractivity contribution in [1.29, 1.82) is 0 Å². The molecule has 0 saturated carbocycles. The number of aryl methyl sites for hydroxylation is 1. The molecule has 0 bridgehead atoms. The van der Waals surface area contributed by atoms with E-state index >= 15 is 0 Å². The van der Waals surface area contributed by atoms with E-state index in [2.05, 4.69) is 46.4 Å². The van der Waals surface area contributed by atoms with Gasteiger partial charge in [0.1, 0.15) is 0 Å².